The van der Waals surface area contributed by atoms with Crippen LogP contribution in [0.5, 0.6) is 11.5 Å². The number of benzene rings is 2. The van der Waals surface area contributed by atoms with E-state index in [0.29, 0.717) is 5.92 Å². The Balaban J connectivity index is 1.08. The molecule has 0 atom stereocenters. The van der Waals surface area contributed by atoms with Crippen molar-refractivity contribution in [3.63, 3.8) is 0 Å². The number of aromatic amines is 1. The van der Waals surface area contributed by atoms with Crippen LogP contribution < -0.4 is 9.47 Å². The van der Waals surface area contributed by atoms with Gasteiger partial charge in [0.2, 0.25) is 0 Å². The molecule has 6 rings (SSSR count). The monoisotopic (exact) mass is 572 g/mol. The molecule has 6 heteroatoms. The van der Waals surface area contributed by atoms with E-state index in [1.807, 2.05) is 6.07 Å². The van der Waals surface area contributed by atoms with Gasteiger partial charge < -0.3 is 19.4 Å². The Bertz CT molecular complexity index is 1330. The molecule has 2 saturated heterocycles. The van der Waals surface area contributed by atoms with Crippen molar-refractivity contribution in [3.05, 3.63) is 47.5 Å². The highest BCUT2D eigenvalue weighted by atomic mass is 16.5. The molecule has 228 valence electrons. The van der Waals surface area contributed by atoms with Gasteiger partial charge in [0.1, 0.15) is 0 Å². The third-order valence-corrected chi connectivity index (χ3v) is 10.6. The van der Waals surface area contributed by atoms with Crippen LogP contribution in [0.4, 0.5) is 0 Å². The number of piperidine rings is 1. The average Bonchev–Trinajstić information content (AvgIpc) is 3.41. The Morgan fingerprint density at radius 2 is 1.40 bits per heavy atom. The molecule has 2 aliphatic heterocycles. The molecule has 1 aromatic heterocycles. The molecule has 42 heavy (non-hydrogen) atoms. The summed E-state index contributed by atoms with van der Waals surface area (Å²) in [5, 5.41) is 1.36. The Labute approximate surface area is 253 Å². The van der Waals surface area contributed by atoms with E-state index in [-0.39, 0.29) is 0 Å². The number of hydrogen-bond donors (Lipinski definition) is 1. The van der Waals surface area contributed by atoms with Crippen molar-refractivity contribution >= 4 is 10.9 Å². The number of methoxy groups -OCH3 is 2. The fourth-order valence-corrected chi connectivity index (χ4v) is 8.08. The fraction of sp³-hybridized carbons (Fsp3) is 0.611. The zero-order valence-electron chi connectivity index (χ0n) is 26.6. The van der Waals surface area contributed by atoms with Gasteiger partial charge in [-0.05, 0) is 118 Å². The van der Waals surface area contributed by atoms with Crippen LogP contribution in [0.25, 0.3) is 22.2 Å². The van der Waals surface area contributed by atoms with Gasteiger partial charge in [0.05, 0.1) is 19.9 Å². The number of nitrogens with one attached hydrogen (secondary N) is 1. The van der Waals surface area contributed by atoms with Gasteiger partial charge in [-0.2, -0.15) is 0 Å². The summed E-state index contributed by atoms with van der Waals surface area (Å²) in [6.07, 6.45) is 9.36. The SMILES string of the molecule is COc1ccc(-c2[nH]c3ccc(CC4CCC(N5CCN(C6CCN(C)CC6)CC5)CC4)cc3c2C(C)C)cc1OC. The Hall–Kier alpha value is -2.54. The van der Waals surface area contributed by atoms with Gasteiger partial charge in [-0.1, -0.05) is 19.9 Å². The lowest BCUT2D eigenvalue weighted by molar-refractivity contribution is 0.0338. The van der Waals surface area contributed by atoms with E-state index in [0.717, 1.165) is 35.1 Å². The largest absolute Gasteiger partial charge is 0.493 e. The zero-order chi connectivity index (χ0) is 29.2. The summed E-state index contributed by atoms with van der Waals surface area (Å²) < 4.78 is 11.1. The van der Waals surface area contributed by atoms with Crippen molar-refractivity contribution < 1.29 is 9.47 Å². The smallest absolute Gasteiger partial charge is 0.161 e. The Morgan fingerprint density at radius 1 is 0.762 bits per heavy atom. The minimum absolute atomic E-state index is 0.410. The van der Waals surface area contributed by atoms with E-state index in [2.05, 4.69) is 70.9 Å². The summed E-state index contributed by atoms with van der Waals surface area (Å²) in [6.45, 7) is 12.2. The predicted molar refractivity (Wildman–Crippen MR) is 174 cm³/mol. The highest BCUT2D eigenvalue weighted by Gasteiger charge is 2.31. The third-order valence-electron chi connectivity index (χ3n) is 10.6. The van der Waals surface area contributed by atoms with E-state index < -0.39 is 0 Å². The van der Waals surface area contributed by atoms with Crippen LogP contribution in [0.15, 0.2) is 36.4 Å². The number of nitrogens with zero attached hydrogens (tertiary/aromatic N) is 3. The number of ether oxygens (including phenoxy) is 2. The number of likely N-dealkylation sites (tertiary alicyclic amines) is 1. The molecule has 1 N–H and O–H groups in total. The molecule has 3 aliphatic rings. The molecule has 0 spiro atoms. The topological polar surface area (TPSA) is 44.0 Å². The first kappa shape index (κ1) is 29.5. The van der Waals surface area contributed by atoms with Crippen molar-refractivity contribution in [3.8, 4) is 22.8 Å². The second-order valence-corrected chi connectivity index (χ2v) is 13.5. The fourth-order valence-electron chi connectivity index (χ4n) is 8.08. The molecular formula is C36H52N4O2. The minimum Gasteiger partial charge on any atom is -0.493 e. The number of piperazine rings is 1. The van der Waals surface area contributed by atoms with Crippen LogP contribution in [-0.4, -0.2) is 92.3 Å². The average molecular weight is 573 g/mol. The van der Waals surface area contributed by atoms with Crippen molar-refractivity contribution in [2.75, 3.05) is 60.5 Å². The maximum Gasteiger partial charge on any atom is 0.161 e. The molecule has 0 radical (unpaired) electrons. The molecule has 2 aromatic carbocycles. The first-order chi connectivity index (χ1) is 20.4. The number of hydrogen-bond acceptors (Lipinski definition) is 5. The van der Waals surface area contributed by atoms with Gasteiger partial charge in [0.25, 0.3) is 0 Å². The molecule has 0 bridgehead atoms. The van der Waals surface area contributed by atoms with E-state index in [9.17, 15) is 0 Å². The van der Waals surface area contributed by atoms with Crippen LogP contribution in [0.3, 0.4) is 0 Å². The Kier molecular flexibility index (Phi) is 9.13. The molecule has 3 fully saturated rings. The minimum atomic E-state index is 0.410. The molecular weight excluding hydrogens is 520 g/mol. The second-order valence-electron chi connectivity index (χ2n) is 13.5. The lowest BCUT2D eigenvalue weighted by atomic mass is 9.81. The molecule has 6 nitrogen and oxygen atoms in total. The van der Waals surface area contributed by atoms with Gasteiger partial charge in [-0.15, -0.1) is 0 Å². The van der Waals surface area contributed by atoms with Gasteiger partial charge >= 0.3 is 0 Å². The lowest BCUT2D eigenvalue weighted by Gasteiger charge is -2.45. The summed E-state index contributed by atoms with van der Waals surface area (Å²) in [7, 11) is 5.66. The van der Waals surface area contributed by atoms with Crippen molar-refractivity contribution in [1.82, 2.24) is 19.7 Å². The number of fused-ring (bicyclic) bond motifs is 1. The number of H-pyrrole nitrogens is 1. The summed E-state index contributed by atoms with van der Waals surface area (Å²) in [5.74, 6) is 2.73. The Morgan fingerprint density at radius 3 is 2.02 bits per heavy atom. The van der Waals surface area contributed by atoms with Crippen molar-refractivity contribution in [2.45, 2.75) is 76.8 Å². The van der Waals surface area contributed by atoms with Crippen LogP contribution in [0, 0.1) is 5.92 Å². The molecule has 0 unspecified atom stereocenters. The van der Waals surface area contributed by atoms with E-state index in [1.165, 1.54) is 112 Å². The van der Waals surface area contributed by atoms with Crippen LogP contribution in [0.1, 0.15) is 69.4 Å². The zero-order valence-corrected chi connectivity index (χ0v) is 26.6. The van der Waals surface area contributed by atoms with Crippen LogP contribution >= 0.6 is 0 Å². The third kappa shape index (κ3) is 6.22. The van der Waals surface area contributed by atoms with Gasteiger partial charge in [0, 0.05) is 54.7 Å². The van der Waals surface area contributed by atoms with Gasteiger partial charge in [-0.3, -0.25) is 9.80 Å². The maximum absolute atomic E-state index is 5.61. The number of rotatable bonds is 8. The van der Waals surface area contributed by atoms with Crippen LogP contribution in [-0.2, 0) is 6.42 Å². The summed E-state index contributed by atoms with van der Waals surface area (Å²) in [6, 6.07) is 15.0. The maximum atomic E-state index is 5.61. The highest BCUT2D eigenvalue weighted by molar-refractivity contribution is 5.92. The summed E-state index contributed by atoms with van der Waals surface area (Å²) >= 11 is 0. The normalized spacial score (nSPS) is 23.6. The van der Waals surface area contributed by atoms with E-state index in [4.69, 9.17) is 9.47 Å². The molecule has 1 aliphatic carbocycles. The quantitative estimate of drug-likeness (QED) is 0.322. The van der Waals surface area contributed by atoms with E-state index >= 15 is 0 Å². The van der Waals surface area contributed by atoms with E-state index in [1.54, 1.807) is 14.2 Å². The standard InChI is InChI=1S/C36H52N4O2/c1-25(2)35-31-23-27(8-12-32(31)37-36(35)28-9-13-33(41-4)34(24-28)42-5)22-26-6-10-29(11-7-26)39-18-20-40(21-19-39)30-14-16-38(3)17-15-30/h8-9,12-13,23-26,29-30,37H,6-7,10-11,14-22H2,1-5H3. The highest BCUT2D eigenvalue weighted by Crippen LogP contribution is 2.40. The van der Waals surface area contributed by atoms with Gasteiger partial charge in [0.15, 0.2) is 11.5 Å². The lowest BCUT2D eigenvalue weighted by Crippen LogP contribution is -2.55. The summed E-state index contributed by atoms with van der Waals surface area (Å²) in [5.41, 5.74) is 6.42. The molecule has 1 saturated carbocycles. The first-order valence-electron chi connectivity index (χ1n) is 16.5. The summed E-state index contributed by atoms with van der Waals surface area (Å²) in [4.78, 5) is 11.9. The predicted octanol–water partition coefficient (Wildman–Crippen LogP) is 6.79. The number of aromatic nitrogens is 1. The molecule has 3 aromatic rings. The van der Waals surface area contributed by atoms with Crippen LogP contribution in [0.2, 0.25) is 0 Å². The van der Waals surface area contributed by atoms with Gasteiger partial charge in [-0.25, -0.2) is 0 Å². The second kappa shape index (κ2) is 13.0. The first-order valence-corrected chi connectivity index (χ1v) is 16.5. The molecule has 0 amide bonds. The van der Waals surface area contributed by atoms with Crippen molar-refractivity contribution in [2.24, 2.45) is 5.92 Å². The molecule has 3 heterocycles. The van der Waals surface area contributed by atoms with Crippen molar-refractivity contribution in [1.29, 1.82) is 0 Å².